The highest BCUT2D eigenvalue weighted by Gasteiger charge is 2.37. The first-order chi connectivity index (χ1) is 11.1. The monoisotopic (exact) mass is 350 g/mol. The minimum atomic E-state index is -4.78. The molecular weight excluding hydrogens is 339 g/mol. The molecule has 0 saturated carbocycles. The van der Waals surface area contributed by atoms with Crippen LogP contribution in [0.5, 0.6) is 0 Å². The molecule has 0 saturated heterocycles. The zero-order valence-corrected chi connectivity index (χ0v) is 12.2. The van der Waals surface area contributed by atoms with Crippen molar-refractivity contribution < 1.29 is 26.7 Å². The summed E-state index contributed by atoms with van der Waals surface area (Å²) in [7, 11) is 0.925. The Bertz CT molecular complexity index is 825. The van der Waals surface area contributed by atoms with Crippen LogP contribution in [0.15, 0.2) is 23.0 Å². The number of amides is 1. The van der Waals surface area contributed by atoms with E-state index >= 15 is 0 Å². The highest BCUT2D eigenvalue weighted by molar-refractivity contribution is 5.94. The molecule has 1 heterocycles. The molecule has 0 unspecified atom stereocenters. The van der Waals surface area contributed by atoms with Crippen molar-refractivity contribution in [3.05, 3.63) is 51.7 Å². The Labute approximate surface area is 131 Å². The van der Waals surface area contributed by atoms with Crippen molar-refractivity contribution >= 4 is 5.91 Å². The summed E-state index contributed by atoms with van der Waals surface area (Å²) >= 11 is 0. The van der Waals surface area contributed by atoms with E-state index in [9.17, 15) is 31.5 Å². The summed E-state index contributed by atoms with van der Waals surface area (Å²) in [4.78, 5) is 23.3. The SMILES string of the molecule is Cn1c(C(F)(F)F)nn(CCNC(=O)c2ccc(F)c(F)c2)c1=O. The van der Waals surface area contributed by atoms with Crippen molar-refractivity contribution in [2.45, 2.75) is 12.7 Å². The number of alkyl halides is 3. The van der Waals surface area contributed by atoms with Crippen molar-refractivity contribution in [3.8, 4) is 0 Å². The fraction of sp³-hybridized carbons (Fsp3) is 0.308. The molecule has 0 spiro atoms. The molecule has 130 valence electrons. The molecule has 24 heavy (non-hydrogen) atoms. The molecule has 6 nitrogen and oxygen atoms in total. The van der Waals surface area contributed by atoms with E-state index in [1.54, 1.807) is 0 Å². The quantitative estimate of drug-likeness (QED) is 0.846. The summed E-state index contributed by atoms with van der Waals surface area (Å²) in [5.41, 5.74) is -1.16. The second-order valence-electron chi connectivity index (χ2n) is 4.77. The van der Waals surface area contributed by atoms with Crippen LogP contribution >= 0.6 is 0 Å². The van der Waals surface area contributed by atoms with Gasteiger partial charge in [0.15, 0.2) is 11.6 Å². The first kappa shape index (κ1) is 17.6. The van der Waals surface area contributed by atoms with E-state index in [0.717, 1.165) is 19.2 Å². The third-order valence-corrected chi connectivity index (χ3v) is 3.09. The van der Waals surface area contributed by atoms with Crippen LogP contribution in [0.4, 0.5) is 22.0 Å². The zero-order valence-electron chi connectivity index (χ0n) is 12.2. The molecule has 1 aromatic carbocycles. The number of carbonyl (C=O) groups excluding carboxylic acids is 1. The Morgan fingerprint density at radius 3 is 2.46 bits per heavy atom. The standard InChI is InChI=1S/C13H11F5N4O2/c1-21-11(13(16,17)18)20-22(12(21)24)5-4-19-10(23)7-2-3-8(14)9(15)6-7/h2-3,6H,4-5H2,1H3,(H,19,23). The number of carbonyl (C=O) groups is 1. The van der Waals surface area contributed by atoms with Gasteiger partial charge in [0.2, 0.25) is 5.82 Å². The Morgan fingerprint density at radius 1 is 1.25 bits per heavy atom. The lowest BCUT2D eigenvalue weighted by Gasteiger charge is -2.05. The zero-order chi connectivity index (χ0) is 18.1. The van der Waals surface area contributed by atoms with Crippen LogP contribution in [0.1, 0.15) is 16.2 Å². The molecule has 11 heteroatoms. The van der Waals surface area contributed by atoms with E-state index in [0.29, 0.717) is 15.3 Å². The summed E-state index contributed by atoms with van der Waals surface area (Å²) in [6.45, 7) is -0.551. The Hall–Kier alpha value is -2.72. The highest BCUT2D eigenvalue weighted by Crippen LogP contribution is 2.25. The fourth-order valence-corrected chi connectivity index (χ4v) is 1.90. The van der Waals surface area contributed by atoms with Gasteiger partial charge in [-0.3, -0.25) is 9.36 Å². The average molecular weight is 350 g/mol. The first-order valence-corrected chi connectivity index (χ1v) is 6.55. The van der Waals surface area contributed by atoms with Gasteiger partial charge in [0, 0.05) is 19.2 Å². The van der Waals surface area contributed by atoms with Crippen LogP contribution in [0, 0.1) is 11.6 Å². The van der Waals surface area contributed by atoms with Gasteiger partial charge in [-0.15, -0.1) is 5.10 Å². The molecule has 1 N–H and O–H groups in total. The lowest BCUT2D eigenvalue weighted by atomic mass is 10.2. The molecule has 1 aromatic heterocycles. The Morgan fingerprint density at radius 2 is 1.92 bits per heavy atom. The molecule has 1 amide bonds. The first-order valence-electron chi connectivity index (χ1n) is 6.55. The predicted molar refractivity (Wildman–Crippen MR) is 71.2 cm³/mol. The van der Waals surface area contributed by atoms with Crippen LogP contribution in [0.25, 0.3) is 0 Å². The van der Waals surface area contributed by atoms with Crippen LogP contribution < -0.4 is 11.0 Å². The van der Waals surface area contributed by atoms with E-state index in [2.05, 4.69) is 10.4 Å². The second-order valence-corrected chi connectivity index (χ2v) is 4.77. The van der Waals surface area contributed by atoms with Gasteiger partial charge in [0.1, 0.15) is 0 Å². The maximum Gasteiger partial charge on any atom is 0.451 e. The maximum atomic E-state index is 13.0. The van der Waals surface area contributed by atoms with Gasteiger partial charge in [0.05, 0.1) is 6.54 Å². The average Bonchev–Trinajstić information content (AvgIpc) is 2.78. The third kappa shape index (κ3) is 3.60. The van der Waals surface area contributed by atoms with E-state index in [4.69, 9.17) is 0 Å². The molecule has 2 aromatic rings. The normalized spacial score (nSPS) is 11.6. The number of halogens is 5. The summed E-state index contributed by atoms with van der Waals surface area (Å²) in [5, 5.41) is 5.43. The number of aromatic nitrogens is 3. The minimum absolute atomic E-state index is 0.168. The summed E-state index contributed by atoms with van der Waals surface area (Å²) < 4.78 is 64.5. The van der Waals surface area contributed by atoms with Crippen molar-refractivity contribution in [3.63, 3.8) is 0 Å². The van der Waals surface area contributed by atoms with Crippen molar-refractivity contribution in [1.29, 1.82) is 0 Å². The summed E-state index contributed by atoms with van der Waals surface area (Å²) in [6, 6.07) is 2.49. The van der Waals surface area contributed by atoms with Crippen LogP contribution in [0.2, 0.25) is 0 Å². The topological polar surface area (TPSA) is 68.9 Å². The summed E-state index contributed by atoms with van der Waals surface area (Å²) in [5.74, 6) is -4.46. The lowest BCUT2D eigenvalue weighted by Crippen LogP contribution is -2.31. The van der Waals surface area contributed by atoms with Gasteiger partial charge in [-0.2, -0.15) is 13.2 Å². The maximum absolute atomic E-state index is 13.0. The molecule has 0 aliphatic rings. The van der Waals surface area contributed by atoms with Crippen LogP contribution in [0.3, 0.4) is 0 Å². The largest absolute Gasteiger partial charge is 0.451 e. The van der Waals surface area contributed by atoms with E-state index in [1.807, 2.05) is 0 Å². The third-order valence-electron chi connectivity index (χ3n) is 3.09. The lowest BCUT2D eigenvalue weighted by molar-refractivity contribution is -0.147. The van der Waals surface area contributed by atoms with Crippen LogP contribution in [-0.2, 0) is 19.8 Å². The van der Waals surface area contributed by atoms with E-state index in [1.165, 1.54) is 0 Å². The number of rotatable bonds is 4. The van der Waals surface area contributed by atoms with Gasteiger partial charge in [-0.05, 0) is 18.2 Å². The molecule has 0 aliphatic carbocycles. The van der Waals surface area contributed by atoms with Crippen LogP contribution in [-0.4, -0.2) is 26.8 Å². The Balaban J connectivity index is 2.03. The van der Waals surface area contributed by atoms with Crippen molar-refractivity contribution in [2.75, 3.05) is 6.54 Å². The number of hydrogen-bond acceptors (Lipinski definition) is 3. The number of nitrogens with zero attached hydrogens (tertiary/aromatic N) is 3. The smallest absolute Gasteiger partial charge is 0.350 e. The van der Waals surface area contributed by atoms with Gasteiger partial charge in [-0.25, -0.2) is 18.3 Å². The van der Waals surface area contributed by atoms with E-state index in [-0.39, 0.29) is 18.7 Å². The van der Waals surface area contributed by atoms with Gasteiger partial charge in [-0.1, -0.05) is 0 Å². The summed E-state index contributed by atoms with van der Waals surface area (Å²) in [6.07, 6.45) is -4.78. The molecular formula is C13H11F5N4O2. The van der Waals surface area contributed by atoms with Crippen molar-refractivity contribution in [1.82, 2.24) is 19.7 Å². The Kier molecular flexibility index (Phi) is 4.71. The van der Waals surface area contributed by atoms with Gasteiger partial charge < -0.3 is 5.32 Å². The number of benzene rings is 1. The highest BCUT2D eigenvalue weighted by atomic mass is 19.4. The minimum Gasteiger partial charge on any atom is -0.350 e. The predicted octanol–water partition coefficient (Wildman–Crippen LogP) is 1.31. The molecule has 0 bridgehead atoms. The van der Waals surface area contributed by atoms with Crippen molar-refractivity contribution in [2.24, 2.45) is 7.05 Å². The second kappa shape index (κ2) is 6.42. The number of nitrogens with one attached hydrogen (secondary N) is 1. The molecule has 0 atom stereocenters. The number of hydrogen-bond donors (Lipinski definition) is 1. The molecule has 0 aliphatic heterocycles. The van der Waals surface area contributed by atoms with Gasteiger partial charge >= 0.3 is 11.9 Å². The molecule has 0 fully saturated rings. The molecule has 0 radical (unpaired) electrons. The van der Waals surface area contributed by atoms with Gasteiger partial charge in [0.25, 0.3) is 5.91 Å². The van der Waals surface area contributed by atoms with E-state index < -0.39 is 35.2 Å². The molecule has 2 rings (SSSR count). The fourth-order valence-electron chi connectivity index (χ4n) is 1.90.